The van der Waals surface area contributed by atoms with Gasteiger partial charge >= 0.3 is 0 Å². The minimum Gasteiger partial charge on any atom is -0.392 e. The summed E-state index contributed by atoms with van der Waals surface area (Å²) in [6.07, 6.45) is 2.13. The predicted octanol–water partition coefficient (Wildman–Crippen LogP) is 0.868. The lowest BCUT2D eigenvalue weighted by molar-refractivity contribution is -0.0323. The fraction of sp³-hybridized carbons (Fsp3) is 1.00. The van der Waals surface area contributed by atoms with E-state index in [2.05, 4.69) is 18.7 Å². The Kier molecular flexibility index (Phi) is 4.70. The summed E-state index contributed by atoms with van der Waals surface area (Å²) in [5.74, 6) is 0. The minimum atomic E-state index is -0.157. The zero-order chi connectivity index (χ0) is 9.68. The molecule has 78 valence electrons. The van der Waals surface area contributed by atoms with Crippen molar-refractivity contribution in [3.63, 3.8) is 0 Å². The summed E-state index contributed by atoms with van der Waals surface area (Å²) in [7, 11) is 0. The van der Waals surface area contributed by atoms with Crippen LogP contribution in [0.25, 0.3) is 0 Å². The third-order valence-electron chi connectivity index (χ3n) is 2.42. The smallest absolute Gasteiger partial charge is 0.0674 e. The van der Waals surface area contributed by atoms with Gasteiger partial charge in [-0.05, 0) is 13.3 Å². The lowest BCUT2D eigenvalue weighted by Gasteiger charge is -2.32. The number of ether oxygens (including phenoxy) is 1. The molecule has 1 aliphatic heterocycles. The second-order valence-electron chi connectivity index (χ2n) is 3.88. The number of morpholine rings is 1. The van der Waals surface area contributed by atoms with Gasteiger partial charge in [0, 0.05) is 19.6 Å². The minimum absolute atomic E-state index is 0.157. The van der Waals surface area contributed by atoms with Crippen LogP contribution < -0.4 is 0 Å². The molecule has 1 saturated heterocycles. The van der Waals surface area contributed by atoms with Crippen LogP contribution in [0.15, 0.2) is 0 Å². The molecule has 0 aliphatic carbocycles. The Morgan fingerprint density at radius 3 is 3.00 bits per heavy atom. The maximum Gasteiger partial charge on any atom is 0.0674 e. The fourth-order valence-corrected chi connectivity index (χ4v) is 1.78. The summed E-state index contributed by atoms with van der Waals surface area (Å²) in [5.41, 5.74) is 0. The Morgan fingerprint density at radius 2 is 2.38 bits per heavy atom. The molecule has 1 fully saturated rings. The average molecular weight is 187 g/mol. The van der Waals surface area contributed by atoms with E-state index in [0.29, 0.717) is 6.10 Å². The van der Waals surface area contributed by atoms with E-state index in [9.17, 15) is 5.11 Å². The Labute approximate surface area is 80.7 Å². The van der Waals surface area contributed by atoms with Crippen molar-refractivity contribution in [2.45, 2.75) is 38.9 Å². The van der Waals surface area contributed by atoms with Gasteiger partial charge in [0.1, 0.15) is 0 Å². The van der Waals surface area contributed by atoms with Crippen molar-refractivity contribution in [2.24, 2.45) is 0 Å². The summed E-state index contributed by atoms with van der Waals surface area (Å²) >= 11 is 0. The topological polar surface area (TPSA) is 32.7 Å². The highest BCUT2D eigenvalue weighted by Crippen LogP contribution is 2.06. The lowest BCUT2D eigenvalue weighted by Crippen LogP contribution is -2.44. The van der Waals surface area contributed by atoms with Crippen molar-refractivity contribution < 1.29 is 9.84 Å². The first-order chi connectivity index (χ1) is 6.22. The van der Waals surface area contributed by atoms with Crippen molar-refractivity contribution >= 4 is 0 Å². The summed E-state index contributed by atoms with van der Waals surface area (Å²) in [5, 5.41) is 9.61. The molecular formula is C10H21NO2. The maximum absolute atomic E-state index is 9.61. The van der Waals surface area contributed by atoms with E-state index < -0.39 is 0 Å². The molecule has 0 saturated carbocycles. The predicted molar refractivity (Wildman–Crippen MR) is 52.8 cm³/mol. The van der Waals surface area contributed by atoms with Crippen molar-refractivity contribution in [2.75, 3.05) is 26.2 Å². The van der Waals surface area contributed by atoms with Gasteiger partial charge in [-0.25, -0.2) is 0 Å². The molecule has 0 aromatic carbocycles. The van der Waals surface area contributed by atoms with Gasteiger partial charge in [-0.2, -0.15) is 0 Å². The van der Waals surface area contributed by atoms with Crippen molar-refractivity contribution in [3.8, 4) is 0 Å². The zero-order valence-corrected chi connectivity index (χ0v) is 8.70. The molecule has 0 amide bonds. The monoisotopic (exact) mass is 187 g/mol. The molecule has 1 rings (SSSR count). The Balaban J connectivity index is 2.19. The molecule has 0 aromatic heterocycles. The molecule has 0 radical (unpaired) electrons. The number of nitrogens with zero attached hydrogens (tertiary/aromatic N) is 1. The third kappa shape index (κ3) is 4.07. The highest BCUT2D eigenvalue weighted by atomic mass is 16.5. The maximum atomic E-state index is 9.61. The molecule has 3 nitrogen and oxygen atoms in total. The van der Waals surface area contributed by atoms with Gasteiger partial charge in [0.25, 0.3) is 0 Å². The van der Waals surface area contributed by atoms with E-state index in [-0.39, 0.29) is 6.10 Å². The molecule has 1 heterocycles. The van der Waals surface area contributed by atoms with E-state index in [1.807, 2.05) is 0 Å². The zero-order valence-electron chi connectivity index (χ0n) is 8.70. The first-order valence-electron chi connectivity index (χ1n) is 5.24. The van der Waals surface area contributed by atoms with Crippen LogP contribution in [0, 0.1) is 0 Å². The average Bonchev–Trinajstić information content (AvgIpc) is 2.04. The van der Waals surface area contributed by atoms with Crippen LogP contribution in [0.4, 0.5) is 0 Å². The third-order valence-corrected chi connectivity index (χ3v) is 2.42. The highest BCUT2D eigenvalue weighted by Gasteiger charge is 2.18. The van der Waals surface area contributed by atoms with Crippen molar-refractivity contribution in [1.82, 2.24) is 4.90 Å². The number of aliphatic hydroxyl groups is 1. The number of β-amino-alcohol motifs (C(OH)–C–C–N with tert-alkyl or cyclic N) is 1. The Morgan fingerprint density at radius 1 is 1.62 bits per heavy atom. The van der Waals surface area contributed by atoms with Gasteiger partial charge in [-0.1, -0.05) is 13.3 Å². The van der Waals surface area contributed by atoms with Gasteiger partial charge < -0.3 is 9.84 Å². The summed E-state index contributed by atoms with van der Waals surface area (Å²) in [4.78, 5) is 2.29. The van der Waals surface area contributed by atoms with Crippen LogP contribution in [0.1, 0.15) is 26.7 Å². The Bertz CT molecular complexity index is 141. The molecule has 2 atom stereocenters. The van der Waals surface area contributed by atoms with E-state index in [0.717, 1.165) is 39.1 Å². The standard InChI is InChI=1S/C10H21NO2/c1-3-4-10(12)8-11-5-6-13-9(2)7-11/h9-10,12H,3-8H2,1-2H3. The Hall–Kier alpha value is -0.120. The van der Waals surface area contributed by atoms with Gasteiger partial charge in [-0.15, -0.1) is 0 Å². The van der Waals surface area contributed by atoms with E-state index >= 15 is 0 Å². The lowest BCUT2D eigenvalue weighted by atomic mass is 10.2. The SMILES string of the molecule is CCCC(O)CN1CCOC(C)C1. The van der Waals surface area contributed by atoms with E-state index in [1.54, 1.807) is 0 Å². The van der Waals surface area contributed by atoms with Crippen LogP contribution in [-0.2, 0) is 4.74 Å². The van der Waals surface area contributed by atoms with E-state index in [4.69, 9.17) is 4.74 Å². The van der Waals surface area contributed by atoms with Crippen LogP contribution >= 0.6 is 0 Å². The van der Waals surface area contributed by atoms with Crippen LogP contribution in [-0.4, -0.2) is 48.5 Å². The number of hydrogen-bond donors (Lipinski definition) is 1. The molecule has 3 heteroatoms. The van der Waals surface area contributed by atoms with Crippen LogP contribution in [0.5, 0.6) is 0 Å². The number of aliphatic hydroxyl groups excluding tert-OH is 1. The normalized spacial score (nSPS) is 27.5. The van der Waals surface area contributed by atoms with Crippen LogP contribution in [0.2, 0.25) is 0 Å². The second-order valence-corrected chi connectivity index (χ2v) is 3.88. The molecule has 0 aromatic rings. The van der Waals surface area contributed by atoms with Crippen molar-refractivity contribution in [1.29, 1.82) is 0 Å². The molecule has 13 heavy (non-hydrogen) atoms. The van der Waals surface area contributed by atoms with E-state index in [1.165, 1.54) is 0 Å². The molecule has 0 spiro atoms. The van der Waals surface area contributed by atoms with Crippen molar-refractivity contribution in [3.05, 3.63) is 0 Å². The first kappa shape index (κ1) is 11.0. The first-order valence-corrected chi connectivity index (χ1v) is 5.24. The summed E-state index contributed by atoms with van der Waals surface area (Å²) in [6, 6.07) is 0. The summed E-state index contributed by atoms with van der Waals surface area (Å²) < 4.78 is 5.43. The quantitative estimate of drug-likeness (QED) is 0.709. The van der Waals surface area contributed by atoms with Gasteiger partial charge in [0.15, 0.2) is 0 Å². The number of rotatable bonds is 4. The molecule has 2 unspecified atom stereocenters. The van der Waals surface area contributed by atoms with Gasteiger partial charge in [-0.3, -0.25) is 4.90 Å². The molecular weight excluding hydrogens is 166 g/mol. The molecule has 0 bridgehead atoms. The van der Waals surface area contributed by atoms with Gasteiger partial charge in [0.2, 0.25) is 0 Å². The largest absolute Gasteiger partial charge is 0.392 e. The summed E-state index contributed by atoms with van der Waals surface area (Å²) in [6.45, 7) is 7.72. The second kappa shape index (κ2) is 5.58. The highest BCUT2D eigenvalue weighted by molar-refractivity contribution is 4.70. The molecule has 1 N–H and O–H groups in total. The molecule has 1 aliphatic rings. The number of hydrogen-bond acceptors (Lipinski definition) is 3. The fourth-order valence-electron chi connectivity index (χ4n) is 1.78. The van der Waals surface area contributed by atoms with Gasteiger partial charge in [0.05, 0.1) is 18.8 Å². The van der Waals surface area contributed by atoms with Crippen LogP contribution in [0.3, 0.4) is 0 Å².